The number of benzene rings is 1. The Labute approximate surface area is 127 Å². The van der Waals surface area contributed by atoms with Crippen LogP contribution in [0, 0.1) is 11.6 Å². The minimum atomic E-state index is -4.31. The van der Waals surface area contributed by atoms with Crippen LogP contribution in [0.3, 0.4) is 0 Å². The summed E-state index contributed by atoms with van der Waals surface area (Å²) in [5.74, 6) is -2.57. The van der Waals surface area contributed by atoms with Crippen LogP contribution in [0.25, 0.3) is 0 Å². The van der Waals surface area contributed by atoms with Crippen LogP contribution in [-0.4, -0.2) is 37.9 Å². The number of halogens is 2. The van der Waals surface area contributed by atoms with Crippen LogP contribution in [-0.2, 0) is 19.6 Å². The van der Waals surface area contributed by atoms with Gasteiger partial charge in [-0.3, -0.25) is 4.79 Å². The van der Waals surface area contributed by atoms with Crippen LogP contribution in [0.2, 0.25) is 0 Å². The number of hydrogen-bond acceptors (Lipinski definition) is 4. The van der Waals surface area contributed by atoms with Crippen molar-refractivity contribution in [3.63, 3.8) is 0 Å². The number of hydrogen-bond donors (Lipinski definition) is 0. The molecule has 1 heterocycles. The van der Waals surface area contributed by atoms with Gasteiger partial charge in [-0.05, 0) is 44.4 Å². The first-order valence-electron chi connectivity index (χ1n) is 7.01. The molecular formula is C14H17F2NO4S. The maximum absolute atomic E-state index is 13.8. The number of nitrogens with zero attached hydrogens (tertiary/aromatic N) is 1. The lowest BCUT2D eigenvalue weighted by Gasteiger charge is -2.32. The Balaban J connectivity index is 2.41. The third-order valence-electron chi connectivity index (χ3n) is 3.49. The zero-order chi connectivity index (χ0) is 16.3. The number of rotatable bonds is 4. The summed E-state index contributed by atoms with van der Waals surface area (Å²) in [6.07, 6.45) is 1.52. The summed E-state index contributed by atoms with van der Waals surface area (Å²) in [5.41, 5.74) is 0. The SMILES string of the molecule is CCOC(=O)C1CCCCN1S(=O)(=O)c1cc(F)ccc1F. The highest BCUT2D eigenvalue weighted by molar-refractivity contribution is 7.89. The van der Waals surface area contributed by atoms with Crippen molar-refractivity contribution in [2.75, 3.05) is 13.2 Å². The van der Waals surface area contributed by atoms with Gasteiger partial charge in [-0.15, -0.1) is 0 Å². The minimum Gasteiger partial charge on any atom is -0.465 e. The lowest BCUT2D eigenvalue weighted by atomic mass is 10.1. The predicted molar refractivity (Wildman–Crippen MR) is 74.5 cm³/mol. The lowest BCUT2D eigenvalue weighted by molar-refractivity contribution is -0.148. The molecule has 0 amide bonds. The Bertz CT molecular complexity index is 663. The first-order chi connectivity index (χ1) is 10.4. The molecule has 1 atom stereocenters. The molecular weight excluding hydrogens is 316 g/mol. The molecule has 122 valence electrons. The predicted octanol–water partition coefficient (Wildman–Crippen LogP) is 2.07. The normalized spacial score (nSPS) is 19.9. The van der Waals surface area contributed by atoms with E-state index in [1.807, 2.05) is 0 Å². The zero-order valence-electron chi connectivity index (χ0n) is 12.1. The number of carbonyl (C=O) groups excluding carboxylic acids is 1. The van der Waals surface area contributed by atoms with Gasteiger partial charge < -0.3 is 4.74 Å². The Kier molecular flexibility index (Phi) is 5.12. The van der Waals surface area contributed by atoms with Crippen LogP contribution in [0.15, 0.2) is 23.1 Å². The van der Waals surface area contributed by atoms with Gasteiger partial charge in [0.15, 0.2) is 0 Å². The number of esters is 1. The van der Waals surface area contributed by atoms with E-state index < -0.39 is 38.6 Å². The van der Waals surface area contributed by atoms with Gasteiger partial charge in [0.05, 0.1) is 6.61 Å². The summed E-state index contributed by atoms with van der Waals surface area (Å²) in [6, 6.07) is 1.22. The van der Waals surface area contributed by atoms with E-state index in [9.17, 15) is 22.0 Å². The molecule has 0 bridgehead atoms. The Hall–Kier alpha value is -1.54. The standard InChI is InChI=1S/C14H17F2NO4S/c1-2-21-14(18)12-5-3-4-8-17(12)22(19,20)13-9-10(15)6-7-11(13)16/h6-7,9,12H,2-5,8H2,1H3. The maximum atomic E-state index is 13.8. The van der Waals surface area contributed by atoms with E-state index in [2.05, 4.69) is 0 Å². The van der Waals surface area contributed by atoms with Gasteiger partial charge in [0, 0.05) is 6.54 Å². The Morgan fingerprint density at radius 1 is 1.36 bits per heavy atom. The molecule has 1 unspecified atom stereocenters. The molecule has 1 saturated heterocycles. The first kappa shape index (κ1) is 16.8. The second kappa shape index (κ2) is 6.70. The average molecular weight is 333 g/mol. The fraction of sp³-hybridized carbons (Fsp3) is 0.500. The van der Waals surface area contributed by atoms with Crippen LogP contribution in [0.4, 0.5) is 8.78 Å². The smallest absolute Gasteiger partial charge is 0.324 e. The highest BCUT2D eigenvalue weighted by Crippen LogP contribution is 2.28. The van der Waals surface area contributed by atoms with Gasteiger partial charge in [0.1, 0.15) is 22.6 Å². The van der Waals surface area contributed by atoms with Crippen LogP contribution >= 0.6 is 0 Å². The van der Waals surface area contributed by atoms with Gasteiger partial charge in [0.2, 0.25) is 10.0 Å². The molecule has 0 radical (unpaired) electrons. The number of piperidine rings is 1. The number of sulfonamides is 1. The summed E-state index contributed by atoms with van der Waals surface area (Å²) < 4.78 is 58.1. The van der Waals surface area contributed by atoms with E-state index in [4.69, 9.17) is 4.74 Å². The Morgan fingerprint density at radius 3 is 2.77 bits per heavy atom. The van der Waals surface area contributed by atoms with E-state index in [1.54, 1.807) is 6.92 Å². The molecule has 1 aromatic rings. The molecule has 5 nitrogen and oxygen atoms in total. The quantitative estimate of drug-likeness (QED) is 0.792. The third-order valence-corrected chi connectivity index (χ3v) is 5.42. The topological polar surface area (TPSA) is 63.7 Å². The summed E-state index contributed by atoms with van der Waals surface area (Å²) >= 11 is 0. The zero-order valence-corrected chi connectivity index (χ0v) is 12.9. The molecule has 0 aromatic heterocycles. The highest BCUT2D eigenvalue weighted by atomic mass is 32.2. The summed E-state index contributed by atoms with van der Waals surface area (Å²) in [4.78, 5) is 11.2. The average Bonchev–Trinajstić information content (AvgIpc) is 2.50. The molecule has 0 N–H and O–H groups in total. The van der Waals surface area contributed by atoms with Gasteiger partial charge in [-0.1, -0.05) is 0 Å². The second-order valence-electron chi connectivity index (χ2n) is 4.95. The highest BCUT2D eigenvalue weighted by Gasteiger charge is 2.39. The third kappa shape index (κ3) is 3.27. The van der Waals surface area contributed by atoms with Crippen molar-refractivity contribution in [1.29, 1.82) is 0 Å². The number of ether oxygens (including phenoxy) is 1. The molecule has 1 fully saturated rings. The molecule has 8 heteroatoms. The molecule has 0 saturated carbocycles. The molecule has 2 rings (SSSR count). The molecule has 0 aliphatic carbocycles. The van der Waals surface area contributed by atoms with E-state index in [0.717, 1.165) is 16.4 Å². The molecule has 22 heavy (non-hydrogen) atoms. The van der Waals surface area contributed by atoms with E-state index in [-0.39, 0.29) is 13.2 Å². The van der Waals surface area contributed by atoms with Crippen LogP contribution in [0.5, 0.6) is 0 Å². The van der Waals surface area contributed by atoms with Crippen molar-refractivity contribution in [3.05, 3.63) is 29.8 Å². The fourth-order valence-electron chi connectivity index (χ4n) is 2.47. The van der Waals surface area contributed by atoms with Crippen LogP contribution < -0.4 is 0 Å². The van der Waals surface area contributed by atoms with Gasteiger partial charge in [-0.2, -0.15) is 4.31 Å². The van der Waals surface area contributed by atoms with E-state index >= 15 is 0 Å². The van der Waals surface area contributed by atoms with Gasteiger partial charge in [0.25, 0.3) is 0 Å². The van der Waals surface area contributed by atoms with Gasteiger partial charge >= 0.3 is 5.97 Å². The van der Waals surface area contributed by atoms with Crippen molar-refractivity contribution < 1.29 is 26.7 Å². The molecule has 0 spiro atoms. The van der Waals surface area contributed by atoms with Crippen molar-refractivity contribution in [2.45, 2.75) is 37.1 Å². The second-order valence-corrected chi connectivity index (χ2v) is 6.81. The monoisotopic (exact) mass is 333 g/mol. The van der Waals surface area contributed by atoms with Crippen molar-refractivity contribution >= 4 is 16.0 Å². The first-order valence-corrected chi connectivity index (χ1v) is 8.45. The largest absolute Gasteiger partial charge is 0.465 e. The van der Waals surface area contributed by atoms with E-state index in [1.165, 1.54) is 0 Å². The van der Waals surface area contributed by atoms with Crippen LogP contribution in [0.1, 0.15) is 26.2 Å². The molecule has 1 aromatic carbocycles. The summed E-state index contributed by atoms with van der Waals surface area (Å²) in [6.45, 7) is 1.81. The van der Waals surface area contributed by atoms with Gasteiger partial charge in [-0.25, -0.2) is 17.2 Å². The van der Waals surface area contributed by atoms with Crippen molar-refractivity contribution in [3.8, 4) is 0 Å². The molecule has 1 aliphatic heterocycles. The van der Waals surface area contributed by atoms with E-state index in [0.29, 0.717) is 25.3 Å². The number of carbonyl (C=O) groups is 1. The van der Waals surface area contributed by atoms with Crippen molar-refractivity contribution in [2.24, 2.45) is 0 Å². The fourth-order valence-corrected chi connectivity index (χ4v) is 4.19. The summed E-state index contributed by atoms with van der Waals surface area (Å²) in [5, 5.41) is 0. The van der Waals surface area contributed by atoms with Crippen molar-refractivity contribution in [1.82, 2.24) is 4.31 Å². The lowest BCUT2D eigenvalue weighted by Crippen LogP contribution is -2.48. The minimum absolute atomic E-state index is 0.0712. The Morgan fingerprint density at radius 2 is 2.09 bits per heavy atom. The summed E-state index contributed by atoms with van der Waals surface area (Å²) in [7, 11) is -4.31. The maximum Gasteiger partial charge on any atom is 0.324 e. The molecule has 1 aliphatic rings.